The zero-order chi connectivity index (χ0) is 8.59. The molecule has 1 heterocycles. The van der Waals surface area contributed by atoms with Crippen LogP contribution in [-0.2, 0) is 10.8 Å². The van der Waals surface area contributed by atoms with Gasteiger partial charge in [-0.2, -0.15) is 0 Å². The lowest BCUT2D eigenvalue weighted by molar-refractivity contribution is 0.691. The summed E-state index contributed by atoms with van der Waals surface area (Å²) in [6.07, 6.45) is 0. The monoisotopic (exact) mass is 224 g/mol. The van der Waals surface area contributed by atoms with Crippen molar-refractivity contribution in [2.75, 3.05) is 0 Å². The van der Waals surface area contributed by atoms with Gasteiger partial charge in [-0.25, -0.2) is 4.21 Å². The van der Waals surface area contributed by atoms with Gasteiger partial charge in [0.2, 0.25) is 0 Å². The first-order chi connectivity index (χ1) is 5.04. The summed E-state index contributed by atoms with van der Waals surface area (Å²) in [6.45, 7) is 3.82. The summed E-state index contributed by atoms with van der Waals surface area (Å²) in [5.41, 5.74) is 0. The van der Waals surface area contributed by atoms with Gasteiger partial charge in [-0.3, -0.25) is 0 Å². The molecule has 0 N–H and O–H groups in total. The highest BCUT2D eigenvalue weighted by Gasteiger charge is 2.23. The summed E-state index contributed by atoms with van der Waals surface area (Å²) in [4.78, 5) is 2.02. The summed E-state index contributed by atoms with van der Waals surface area (Å²) in [6, 6.07) is 0. The second-order valence-corrected chi connectivity index (χ2v) is 6.38. The van der Waals surface area contributed by atoms with Gasteiger partial charge >= 0.3 is 0 Å². The first kappa shape index (κ1) is 9.77. The molecule has 0 bridgehead atoms. The van der Waals surface area contributed by atoms with Crippen molar-refractivity contribution in [2.24, 2.45) is 0 Å². The van der Waals surface area contributed by atoms with E-state index in [1.54, 1.807) is 0 Å². The number of hydrogen-bond acceptors (Lipinski definition) is 4. The minimum absolute atomic E-state index is 0.560. The van der Waals surface area contributed by atoms with E-state index in [1.807, 2.05) is 13.8 Å². The van der Waals surface area contributed by atoms with Crippen LogP contribution in [0.3, 0.4) is 0 Å². The van der Waals surface area contributed by atoms with Gasteiger partial charge in [0, 0.05) is 4.91 Å². The molecular formula is C6H8OS4. The Morgan fingerprint density at radius 3 is 2.18 bits per heavy atom. The normalized spacial score (nSPS) is 24.7. The quantitative estimate of drug-likeness (QED) is 0.616. The molecule has 0 fully saturated rings. The van der Waals surface area contributed by atoms with Crippen LogP contribution in [0.2, 0.25) is 0 Å². The lowest BCUT2D eigenvalue weighted by atomic mass is 10.6. The first-order valence-electron chi connectivity index (χ1n) is 2.93. The zero-order valence-electron chi connectivity index (χ0n) is 6.12. The van der Waals surface area contributed by atoms with Gasteiger partial charge < -0.3 is 0 Å². The summed E-state index contributed by atoms with van der Waals surface area (Å²) in [7, 11) is -0.996. The summed E-state index contributed by atoms with van der Waals surface area (Å²) in [5, 5.41) is 0. The Kier molecular flexibility index (Phi) is 3.19. The molecule has 0 aromatic carbocycles. The van der Waals surface area contributed by atoms with Crippen LogP contribution in [0.4, 0.5) is 0 Å². The van der Waals surface area contributed by atoms with Gasteiger partial charge in [-0.1, -0.05) is 11.8 Å². The maximum absolute atomic E-state index is 11.4. The number of thioether (sulfide) groups is 1. The first-order valence-corrected chi connectivity index (χ1v) is 5.79. The minimum atomic E-state index is -0.996. The van der Waals surface area contributed by atoms with Crippen LogP contribution >= 0.6 is 37.0 Å². The molecule has 1 rings (SSSR count). The molecule has 1 unspecified atom stereocenters. The van der Waals surface area contributed by atoms with Crippen molar-refractivity contribution in [3.8, 4) is 0 Å². The minimum Gasteiger partial charge on any atom is -0.249 e. The van der Waals surface area contributed by atoms with E-state index in [0.29, 0.717) is 4.24 Å². The Balaban J connectivity index is 3.06. The Morgan fingerprint density at radius 2 is 2.00 bits per heavy atom. The van der Waals surface area contributed by atoms with Crippen LogP contribution < -0.4 is 0 Å². The molecule has 0 aliphatic carbocycles. The van der Waals surface area contributed by atoms with E-state index in [0.717, 1.165) is 14.0 Å². The van der Waals surface area contributed by atoms with E-state index >= 15 is 0 Å². The number of hydrogen-bond donors (Lipinski definition) is 2. The fourth-order valence-corrected chi connectivity index (χ4v) is 4.04. The zero-order valence-corrected chi connectivity index (χ0v) is 9.54. The largest absolute Gasteiger partial charge is 0.249 e. The molecule has 62 valence electrons. The highest BCUT2D eigenvalue weighted by molar-refractivity contribution is 8.24. The van der Waals surface area contributed by atoms with Crippen molar-refractivity contribution in [3.05, 3.63) is 18.3 Å². The molecule has 1 aliphatic rings. The van der Waals surface area contributed by atoms with Crippen LogP contribution in [0, 0.1) is 0 Å². The molecule has 1 nitrogen and oxygen atoms in total. The second kappa shape index (κ2) is 3.60. The highest BCUT2D eigenvalue weighted by Crippen LogP contribution is 2.43. The smallest absolute Gasteiger partial charge is 0.100 e. The Labute approximate surface area is 84.0 Å². The predicted octanol–water partition coefficient (Wildman–Crippen LogP) is 2.72. The van der Waals surface area contributed by atoms with Crippen LogP contribution in [0.1, 0.15) is 13.8 Å². The molecule has 0 aromatic heterocycles. The van der Waals surface area contributed by atoms with E-state index in [4.69, 9.17) is 0 Å². The van der Waals surface area contributed by atoms with Gasteiger partial charge in [0.15, 0.2) is 0 Å². The molecule has 0 aromatic rings. The van der Waals surface area contributed by atoms with E-state index in [9.17, 15) is 4.21 Å². The maximum Gasteiger partial charge on any atom is 0.100 e. The van der Waals surface area contributed by atoms with Gasteiger partial charge in [0.1, 0.15) is 4.24 Å². The van der Waals surface area contributed by atoms with E-state index < -0.39 is 10.8 Å². The summed E-state index contributed by atoms with van der Waals surface area (Å²) < 4.78 is 12.7. The number of rotatable bonds is 0. The van der Waals surface area contributed by atoms with E-state index in [2.05, 4.69) is 25.3 Å². The van der Waals surface area contributed by atoms with Crippen LogP contribution in [0.15, 0.2) is 18.3 Å². The maximum atomic E-state index is 11.4. The molecule has 0 amide bonds. The average Bonchev–Trinajstić information content (AvgIpc) is 2.17. The highest BCUT2D eigenvalue weighted by atomic mass is 32.2. The Bertz CT molecular complexity index is 272. The van der Waals surface area contributed by atoms with Crippen molar-refractivity contribution >= 4 is 47.8 Å². The SMILES string of the molecule is CC1=C(C)S(=O)C(=C(S)S)S1. The topological polar surface area (TPSA) is 17.1 Å². The Morgan fingerprint density at radius 1 is 1.45 bits per heavy atom. The lowest BCUT2D eigenvalue weighted by Gasteiger charge is -1.95. The van der Waals surface area contributed by atoms with Gasteiger partial charge in [-0.05, 0) is 18.8 Å². The fraction of sp³-hybridized carbons (Fsp3) is 0.333. The van der Waals surface area contributed by atoms with Crippen molar-refractivity contribution in [1.82, 2.24) is 0 Å². The third kappa shape index (κ3) is 1.88. The molecule has 0 saturated heterocycles. The molecule has 1 aliphatic heterocycles. The summed E-state index contributed by atoms with van der Waals surface area (Å²) in [5.74, 6) is 0. The molecule has 1 atom stereocenters. The van der Waals surface area contributed by atoms with Crippen LogP contribution in [0.25, 0.3) is 0 Å². The summed E-state index contributed by atoms with van der Waals surface area (Å²) >= 11 is 9.57. The third-order valence-corrected chi connectivity index (χ3v) is 5.66. The second-order valence-electron chi connectivity index (χ2n) is 2.09. The van der Waals surface area contributed by atoms with E-state index in [-0.39, 0.29) is 0 Å². The fourth-order valence-electron chi connectivity index (χ4n) is 0.647. The molecule has 0 spiro atoms. The molecule has 11 heavy (non-hydrogen) atoms. The standard InChI is InChI=1S/C6H8OS4/c1-3-4(2)11(7)6(10-3)5(8)9/h8-9H,1-2H3. The predicted molar refractivity (Wildman–Crippen MR) is 59.1 cm³/mol. The third-order valence-electron chi connectivity index (χ3n) is 1.37. The van der Waals surface area contributed by atoms with Crippen molar-refractivity contribution in [3.63, 3.8) is 0 Å². The van der Waals surface area contributed by atoms with Crippen molar-refractivity contribution in [2.45, 2.75) is 13.8 Å². The average molecular weight is 224 g/mol. The molecule has 5 heteroatoms. The number of thiol groups is 2. The molecule has 0 saturated carbocycles. The Hall–Kier alpha value is 0.680. The molecule has 0 radical (unpaired) electrons. The molecular weight excluding hydrogens is 216 g/mol. The van der Waals surface area contributed by atoms with Crippen LogP contribution in [-0.4, -0.2) is 4.21 Å². The van der Waals surface area contributed by atoms with Gasteiger partial charge in [-0.15, -0.1) is 25.3 Å². The van der Waals surface area contributed by atoms with Crippen molar-refractivity contribution < 1.29 is 4.21 Å². The van der Waals surface area contributed by atoms with Gasteiger partial charge in [0.25, 0.3) is 0 Å². The van der Waals surface area contributed by atoms with Crippen molar-refractivity contribution in [1.29, 1.82) is 0 Å². The van der Waals surface area contributed by atoms with E-state index in [1.165, 1.54) is 11.8 Å². The van der Waals surface area contributed by atoms with Gasteiger partial charge in [0.05, 0.1) is 15.0 Å². The number of allylic oxidation sites excluding steroid dienone is 2. The van der Waals surface area contributed by atoms with Crippen LogP contribution in [0.5, 0.6) is 0 Å². The lowest BCUT2D eigenvalue weighted by Crippen LogP contribution is -1.85.